The molecule has 4 atom stereocenters. The van der Waals surface area contributed by atoms with Crippen LogP contribution in [0.15, 0.2) is 18.2 Å². The second kappa shape index (κ2) is 6.11. The predicted octanol–water partition coefficient (Wildman–Crippen LogP) is 4.97. The molecule has 0 spiro atoms. The van der Waals surface area contributed by atoms with E-state index in [-0.39, 0.29) is 11.0 Å². The molecule has 2 aliphatic rings. The Bertz CT molecular complexity index is 702. The Morgan fingerprint density at radius 2 is 1.92 bits per heavy atom. The molecule has 1 aromatic rings. The molecule has 1 aliphatic heterocycles. The number of aryl methyl sites for hydroxylation is 1. The fourth-order valence-electron chi connectivity index (χ4n) is 5.33. The number of nitriles is 1. The van der Waals surface area contributed by atoms with E-state index in [1.165, 1.54) is 11.1 Å². The molecule has 3 rings (SSSR count). The lowest BCUT2D eigenvalue weighted by Crippen LogP contribution is -2.50. The van der Waals surface area contributed by atoms with Gasteiger partial charge in [0.2, 0.25) is 0 Å². The monoisotopic (exact) mass is 340 g/mol. The van der Waals surface area contributed by atoms with E-state index in [2.05, 4.69) is 65.7 Å². The smallest absolute Gasteiger partial charge is 0.0994 e. The first kappa shape index (κ1) is 18.4. The highest BCUT2D eigenvalue weighted by Crippen LogP contribution is 2.54. The SMILES string of the molecule is Cc1ccc(C#N)c([C@@]2(C)C[C@@H]3[C@@H]([C@@H](C)C2)N(C(C)C)OC3(C)C)c1. The second-order valence-electron chi connectivity index (χ2n) is 9.35. The van der Waals surface area contributed by atoms with Crippen LogP contribution in [-0.2, 0) is 10.3 Å². The quantitative estimate of drug-likeness (QED) is 0.762. The summed E-state index contributed by atoms with van der Waals surface area (Å²) in [6.45, 7) is 15.7. The number of fused-ring (bicyclic) bond motifs is 1. The number of hydrogen-bond acceptors (Lipinski definition) is 3. The van der Waals surface area contributed by atoms with Crippen molar-refractivity contribution in [1.82, 2.24) is 5.06 Å². The molecule has 0 aromatic heterocycles. The van der Waals surface area contributed by atoms with Crippen molar-refractivity contribution in [3.05, 3.63) is 34.9 Å². The van der Waals surface area contributed by atoms with E-state index in [0.717, 1.165) is 18.4 Å². The Kier molecular flexibility index (Phi) is 4.50. The van der Waals surface area contributed by atoms with Gasteiger partial charge in [0, 0.05) is 18.0 Å². The molecule has 1 heterocycles. The highest BCUT2D eigenvalue weighted by atomic mass is 16.7. The van der Waals surface area contributed by atoms with E-state index in [0.29, 0.717) is 23.9 Å². The van der Waals surface area contributed by atoms with Crippen LogP contribution in [0.2, 0.25) is 0 Å². The van der Waals surface area contributed by atoms with Crippen LogP contribution in [0.4, 0.5) is 0 Å². The molecule has 2 fully saturated rings. The first-order valence-electron chi connectivity index (χ1n) is 9.58. The molecule has 3 nitrogen and oxygen atoms in total. The van der Waals surface area contributed by atoms with Gasteiger partial charge in [-0.1, -0.05) is 31.5 Å². The summed E-state index contributed by atoms with van der Waals surface area (Å²) in [6.07, 6.45) is 2.16. The summed E-state index contributed by atoms with van der Waals surface area (Å²) < 4.78 is 0. The van der Waals surface area contributed by atoms with E-state index < -0.39 is 0 Å². The number of hydroxylamine groups is 2. The molecule has 0 amide bonds. The highest BCUT2D eigenvalue weighted by molar-refractivity contribution is 5.45. The number of benzene rings is 1. The largest absolute Gasteiger partial charge is 0.292 e. The van der Waals surface area contributed by atoms with E-state index in [4.69, 9.17) is 4.84 Å². The standard InChI is InChI=1S/C22H32N2O/c1-14(2)24-20-16(4)11-22(7,12-19(20)21(5,6)25-24)18-10-15(3)8-9-17(18)13-23/h8-10,14,16,19-20H,11-12H2,1-7H3/t16-,19+,20+,22+/m0/s1. The molecule has 1 aliphatic carbocycles. The Balaban J connectivity index is 2.03. The van der Waals surface area contributed by atoms with Crippen LogP contribution in [0, 0.1) is 30.1 Å². The molecule has 0 bridgehead atoms. The normalized spacial score (nSPS) is 34.8. The number of rotatable bonds is 2. The minimum atomic E-state index is -0.165. The molecule has 1 saturated heterocycles. The van der Waals surface area contributed by atoms with Gasteiger partial charge in [-0.15, -0.1) is 0 Å². The summed E-state index contributed by atoms with van der Waals surface area (Å²) in [4.78, 5) is 6.41. The maximum Gasteiger partial charge on any atom is 0.0994 e. The Morgan fingerprint density at radius 3 is 2.52 bits per heavy atom. The van der Waals surface area contributed by atoms with Crippen LogP contribution >= 0.6 is 0 Å². The van der Waals surface area contributed by atoms with Gasteiger partial charge in [-0.05, 0) is 70.4 Å². The van der Waals surface area contributed by atoms with Crippen molar-refractivity contribution in [3.8, 4) is 6.07 Å². The van der Waals surface area contributed by atoms with Gasteiger partial charge in [0.05, 0.1) is 17.2 Å². The number of nitrogens with zero attached hydrogens (tertiary/aromatic N) is 2. The Labute approximate surface area is 152 Å². The van der Waals surface area contributed by atoms with Crippen molar-refractivity contribution in [2.45, 2.75) is 84.4 Å². The Morgan fingerprint density at radius 1 is 1.24 bits per heavy atom. The van der Waals surface area contributed by atoms with Gasteiger partial charge >= 0.3 is 0 Å². The third kappa shape index (κ3) is 3.00. The minimum absolute atomic E-state index is 0.0191. The van der Waals surface area contributed by atoms with E-state index in [1.807, 2.05) is 12.1 Å². The summed E-state index contributed by atoms with van der Waals surface area (Å²) in [5.74, 6) is 0.996. The van der Waals surface area contributed by atoms with E-state index >= 15 is 0 Å². The third-order valence-corrected chi connectivity index (χ3v) is 6.42. The van der Waals surface area contributed by atoms with Gasteiger partial charge in [0.25, 0.3) is 0 Å². The van der Waals surface area contributed by atoms with Crippen molar-refractivity contribution in [1.29, 1.82) is 5.26 Å². The Hall–Kier alpha value is -1.37. The van der Waals surface area contributed by atoms with Crippen LogP contribution in [0.3, 0.4) is 0 Å². The van der Waals surface area contributed by atoms with Crippen molar-refractivity contribution in [3.63, 3.8) is 0 Å². The lowest BCUT2D eigenvalue weighted by atomic mass is 9.58. The van der Waals surface area contributed by atoms with E-state index in [9.17, 15) is 5.26 Å². The van der Waals surface area contributed by atoms with Gasteiger partial charge < -0.3 is 0 Å². The average Bonchev–Trinajstić information content (AvgIpc) is 2.79. The molecule has 0 radical (unpaired) electrons. The second-order valence-corrected chi connectivity index (χ2v) is 9.35. The van der Waals surface area contributed by atoms with Crippen molar-refractivity contribution in [2.24, 2.45) is 11.8 Å². The maximum atomic E-state index is 9.64. The van der Waals surface area contributed by atoms with Crippen molar-refractivity contribution < 1.29 is 4.84 Å². The van der Waals surface area contributed by atoms with E-state index in [1.54, 1.807) is 0 Å². The molecule has 136 valence electrons. The fourth-order valence-corrected chi connectivity index (χ4v) is 5.33. The van der Waals surface area contributed by atoms with Crippen LogP contribution in [0.1, 0.15) is 71.1 Å². The fraction of sp³-hybridized carbons (Fsp3) is 0.682. The summed E-state index contributed by atoms with van der Waals surface area (Å²) >= 11 is 0. The van der Waals surface area contributed by atoms with Gasteiger partial charge in [-0.3, -0.25) is 4.84 Å². The molecule has 0 unspecified atom stereocenters. The molecule has 1 saturated carbocycles. The lowest BCUT2D eigenvalue weighted by molar-refractivity contribution is -0.215. The van der Waals surface area contributed by atoms with Gasteiger partial charge in [0.15, 0.2) is 0 Å². The molecular formula is C22H32N2O. The molecule has 0 N–H and O–H groups in total. The molecule has 1 aromatic carbocycles. The summed E-state index contributed by atoms with van der Waals surface area (Å²) in [5, 5.41) is 11.9. The minimum Gasteiger partial charge on any atom is -0.292 e. The first-order valence-corrected chi connectivity index (χ1v) is 9.58. The average molecular weight is 341 g/mol. The summed E-state index contributed by atoms with van der Waals surface area (Å²) in [5.41, 5.74) is 3.14. The van der Waals surface area contributed by atoms with Crippen LogP contribution in [0.25, 0.3) is 0 Å². The highest BCUT2D eigenvalue weighted by Gasteiger charge is 2.57. The molecule has 25 heavy (non-hydrogen) atoms. The first-order chi connectivity index (χ1) is 11.6. The van der Waals surface area contributed by atoms with Gasteiger partial charge in [-0.2, -0.15) is 10.3 Å². The van der Waals surface area contributed by atoms with Crippen LogP contribution < -0.4 is 0 Å². The predicted molar refractivity (Wildman–Crippen MR) is 101 cm³/mol. The zero-order valence-corrected chi connectivity index (χ0v) is 16.8. The van der Waals surface area contributed by atoms with Crippen molar-refractivity contribution >= 4 is 0 Å². The number of hydrogen-bond donors (Lipinski definition) is 0. The third-order valence-electron chi connectivity index (χ3n) is 6.42. The zero-order chi connectivity index (χ0) is 18.6. The summed E-state index contributed by atoms with van der Waals surface area (Å²) in [6, 6.07) is 9.53. The van der Waals surface area contributed by atoms with Crippen LogP contribution in [0.5, 0.6) is 0 Å². The van der Waals surface area contributed by atoms with Crippen LogP contribution in [-0.4, -0.2) is 22.7 Å². The lowest BCUT2D eigenvalue weighted by Gasteiger charge is -2.47. The molecular weight excluding hydrogens is 308 g/mol. The van der Waals surface area contributed by atoms with Gasteiger partial charge in [0.1, 0.15) is 0 Å². The van der Waals surface area contributed by atoms with Gasteiger partial charge in [-0.25, -0.2) is 0 Å². The summed E-state index contributed by atoms with van der Waals surface area (Å²) in [7, 11) is 0. The van der Waals surface area contributed by atoms with Crippen molar-refractivity contribution in [2.75, 3.05) is 0 Å². The molecule has 3 heteroatoms. The topological polar surface area (TPSA) is 36.3 Å². The zero-order valence-electron chi connectivity index (χ0n) is 16.8. The maximum absolute atomic E-state index is 9.64.